The zero-order valence-electron chi connectivity index (χ0n) is 21.2. The van der Waals surface area contributed by atoms with Crippen molar-refractivity contribution in [1.82, 2.24) is 9.47 Å². The van der Waals surface area contributed by atoms with E-state index in [0.717, 1.165) is 68.0 Å². The lowest BCUT2D eigenvalue weighted by Crippen LogP contribution is -2.39. The third-order valence-electron chi connectivity index (χ3n) is 7.65. The average Bonchev–Trinajstić information content (AvgIpc) is 3.25. The molecule has 1 aromatic heterocycles. The van der Waals surface area contributed by atoms with Crippen molar-refractivity contribution in [3.8, 4) is 11.5 Å². The average molecular weight is 542 g/mol. The Hall–Kier alpha value is -2.02. The lowest BCUT2D eigenvalue weighted by Gasteiger charge is -2.40. The number of halogens is 1. The summed E-state index contributed by atoms with van der Waals surface area (Å²) in [5.74, 6) is 1.96. The van der Waals surface area contributed by atoms with Gasteiger partial charge in [0.1, 0.15) is 11.5 Å². The molecule has 6 heteroatoms. The Bertz CT molecular complexity index is 1170. The molecule has 1 fully saturated rings. The number of ether oxygens (including phenoxy) is 3. The van der Waals surface area contributed by atoms with E-state index >= 15 is 0 Å². The Kier molecular flexibility index (Phi) is 7.71. The second-order valence-corrected chi connectivity index (χ2v) is 10.9. The molecule has 0 aliphatic carbocycles. The summed E-state index contributed by atoms with van der Waals surface area (Å²) in [6.45, 7) is 5.60. The van der Waals surface area contributed by atoms with Gasteiger partial charge in [0.25, 0.3) is 0 Å². The van der Waals surface area contributed by atoms with Crippen molar-refractivity contribution in [3.63, 3.8) is 0 Å². The Labute approximate surface area is 217 Å². The topological polar surface area (TPSA) is 35.9 Å². The van der Waals surface area contributed by atoms with Crippen molar-refractivity contribution in [2.45, 2.75) is 64.1 Å². The highest BCUT2D eigenvalue weighted by Crippen LogP contribution is 2.41. The molecular formula is C29H37BrN2O3. The van der Waals surface area contributed by atoms with Crippen LogP contribution < -0.4 is 9.47 Å². The molecule has 35 heavy (non-hydrogen) atoms. The number of hydrogen-bond donors (Lipinski definition) is 0. The van der Waals surface area contributed by atoms with Crippen LogP contribution in [0.3, 0.4) is 0 Å². The van der Waals surface area contributed by atoms with Crippen LogP contribution in [0.2, 0.25) is 0 Å². The van der Waals surface area contributed by atoms with Crippen molar-refractivity contribution in [2.24, 2.45) is 7.05 Å². The number of aromatic nitrogens is 1. The maximum Gasteiger partial charge on any atom is 0.125 e. The predicted octanol–water partition coefficient (Wildman–Crippen LogP) is 6.93. The lowest BCUT2D eigenvalue weighted by atomic mass is 9.91. The van der Waals surface area contributed by atoms with Crippen LogP contribution >= 0.6 is 15.9 Å². The lowest BCUT2D eigenvalue weighted by molar-refractivity contribution is -0.0203. The van der Waals surface area contributed by atoms with Gasteiger partial charge < -0.3 is 18.8 Å². The van der Waals surface area contributed by atoms with E-state index in [-0.39, 0.29) is 12.1 Å². The van der Waals surface area contributed by atoms with Gasteiger partial charge >= 0.3 is 0 Å². The first-order valence-electron chi connectivity index (χ1n) is 12.9. The number of benzene rings is 2. The molecule has 2 bridgehead atoms. The van der Waals surface area contributed by atoms with Crippen LogP contribution in [0.5, 0.6) is 11.5 Å². The first-order chi connectivity index (χ1) is 17.0. The maximum absolute atomic E-state index is 6.39. The summed E-state index contributed by atoms with van der Waals surface area (Å²) in [6, 6.07) is 11.2. The molecule has 0 unspecified atom stereocenters. The van der Waals surface area contributed by atoms with Gasteiger partial charge in [-0.3, -0.25) is 4.90 Å². The van der Waals surface area contributed by atoms with Gasteiger partial charge in [-0.25, -0.2) is 0 Å². The van der Waals surface area contributed by atoms with E-state index in [0.29, 0.717) is 0 Å². The first-order valence-corrected chi connectivity index (χ1v) is 13.7. The van der Waals surface area contributed by atoms with E-state index in [2.05, 4.69) is 75.9 Å². The van der Waals surface area contributed by atoms with Crippen molar-refractivity contribution in [1.29, 1.82) is 0 Å². The van der Waals surface area contributed by atoms with Gasteiger partial charge in [0.15, 0.2) is 0 Å². The molecular weight excluding hydrogens is 504 g/mol. The molecule has 3 heterocycles. The van der Waals surface area contributed by atoms with Gasteiger partial charge in [-0.15, -0.1) is 0 Å². The molecule has 5 nitrogen and oxygen atoms in total. The van der Waals surface area contributed by atoms with E-state index in [4.69, 9.17) is 14.2 Å². The van der Waals surface area contributed by atoms with Gasteiger partial charge in [-0.05, 0) is 68.9 Å². The summed E-state index contributed by atoms with van der Waals surface area (Å²) < 4.78 is 22.0. The summed E-state index contributed by atoms with van der Waals surface area (Å²) in [7, 11) is 3.90. The number of likely N-dealkylation sites (tertiary alicyclic amines) is 1. The molecule has 1 saturated heterocycles. The normalized spacial score (nSPS) is 21.9. The van der Waals surface area contributed by atoms with Gasteiger partial charge in [-0.1, -0.05) is 28.4 Å². The van der Waals surface area contributed by atoms with Gasteiger partial charge in [0.05, 0.1) is 25.3 Å². The summed E-state index contributed by atoms with van der Waals surface area (Å²) in [6.07, 6.45) is 9.07. The first kappa shape index (κ1) is 24.7. The fraction of sp³-hybridized carbons (Fsp3) is 0.517. The predicted molar refractivity (Wildman–Crippen MR) is 144 cm³/mol. The fourth-order valence-corrected chi connectivity index (χ4v) is 6.18. The van der Waals surface area contributed by atoms with Crippen molar-refractivity contribution in [3.05, 3.63) is 57.7 Å². The molecule has 0 amide bonds. The van der Waals surface area contributed by atoms with Gasteiger partial charge in [-0.2, -0.15) is 0 Å². The second kappa shape index (κ2) is 10.9. The van der Waals surface area contributed by atoms with Crippen LogP contribution in [-0.2, 0) is 18.3 Å². The minimum absolute atomic E-state index is 0.224. The zero-order valence-corrected chi connectivity index (χ0v) is 22.8. The van der Waals surface area contributed by atoms with Crippen LogP contribution in [0.1, 0.15) is 61.3 Å². The largest absolute Gasteiger partial charge is 0.496 e. The van der Waals surface area contributed by atoms with E-state index in [1.54, 1.807) is 7.11 Å². The number of hydrogen-bond acceptors (Lipinski definition) is 4. The SMILES string of the molecule is COc1cc(C)c2c(ccn2C)c1CN1CC[C@H]2C[C@H]1c1ccc(Br)cc1OCCCCCCO2. The van der Waals surface area contributed by atoms with E-state index < -0.39 is 0 Å². The molecule has 2 aromatic carbocycles. The van der Waals surface area contributed by atoms with E-state index in [1.165, 1.54) is 40.4 Å². The van der Waals surface area contributed by atoms with E-state index in [9.17, 15) is 0 Å². The Morgan fingerprint density at radius 2 is 1.91 bits per heavy atom. The van der Waals surface area contributed by atoms with Crippen LogP contribution in [0.15, 0.2) is 41.0 Å². The molecule has 0 saturated carbocycles. The van der Waals surface area contributed by atoms with Crippen LogP contribution in [-0.4, -0.2) is 42.4 Å². The second-order valence-electron chi connectivity index (χ2n) is 10.0. The summed E-state index contributed by atoms with van der Waals surface area (Å²) >= 11 is 3.67. The highest BCUT2D eigenvalue weighted by atomic mass is 79.9. The molecule has 0 N–H and O–H groups in total. The fourth-order valence-electron chi connectivity index (χ4n) is 5.84. The Balaban J connectivity index is 1.54. The third-order valence-corrected chi connectivity index (χ3v) is 8.14. The molecule has 5 rings (SSSR count). The molecule has 2 aliphatic heterocycles. The Morgan fingerprint density at radius 1 is 1.09 bits per heavy atom. The van der Waals surface area contributed by atoms with Crippen molar-refractivity contribution in [2.75, 3.05) is 26.9 Å². The van der Waals surface area contributed by atoms with Crippen LogP contribution in [0.4, 0.5) is 0 Å². The highest BCUT2D eigenvalue weighted by Gasteiger charge is 2.33. The minimum atomic E-state index is 0.224. The summed E-state index contributed by atoms with van der Waals surface area (Å²) in [4.78, 5) is 2.61. The highest BCUT2D eigenvalue weighted by molar-refractivity contribution is 9.10. The van der Waals surface area contributed by atoms with Gasteiger partial charge in [0, 0.05) is 60.0 Å². The van der Waals surface area contributed by atoms with Gasteiger partial charge in [0.2, 0.25) is 0 Å². The van der Waals surface area contributed by atoms with E-state index in [1.807, 2.05) is 0 Å². The molecule has 0 radical (unpaired) electrons. The minimum Gasteiger partial charge on any atom is -0.496 e. The molecule has 2 aliphatic rings. The monoisotopic (exact) mass is 540 g/mol. The molecule has 188 valence electrons. The zero-order chi connectivity index (χ0) is 24.4. The number of fused-ring (bicyclic) bond motifs is 5. The summed E-state index contributed by atoms with van der Waals surface area (Å²) in [5.41, 5.74) is 5.04. The standard InChI is InChI=1S/C29H37BrN2O3/c1-20-16-27(33-3)25(23-11-12-31(2)29(20)23)19-32-13-10-22-18-26(32)24-9-8-21(30)17-28(24)35-15-7-5-4-6-14-34-22/h8-9,11-12,16-17,22,26H,4-7,10,13-15,18-19H2,1-3H3/t22-,26-/m0/s1. The third kappa shape index (κ3) is 5.25. The van der Waals surface area contributed by atoms with Crippen LogP contribution in [0.25, 0.3) is 10.9 Å². The number of methoxy groups -OCH3 is 1. The smallest absolute Gasteiger partial charge is 0.125 e. The number of rotatable bonds is 3. The summed E-state index contributed by atoms with van der Waals surface area (Å²) in [5, 5.41) is 1.28. The van der Waals surface area contributed by atoms with Crippen LogP contribution in [0, 0.1) is 6.92 Å². The molecule has 2 atom stereocenters. The quantitative estimate of drug-likeness (QED) is 0.360. The number of aryl methyl sites for hydroxylation is 2. The number of nitrogens with zero attached hydrogens (tertiary/aromatic N) is 2. The number of piperidine rings is 1. The maximum atomic E-state index is 6.39. The van der Waals surface area contributed by atoms with Crippen molar-refractivity contribution < 1.29 is 14.2 Å². The Morgan fingerprint density at radius 3 is 2.74 bits per heavy atom. The van der Waals surface area contributed by atoms with Crippen molar-refractivity contribution >= 4 is 26.8 Å². The molecule has 0 spiro atoms. The molecule has 3 aromatic rings.